The van der Waals surface area contributed by atoms with Crippen molar-refractivity contribution in [1.29, 1.82) is 0 Å². The average molecular weight is 851 g/mol. The Kier molecular flexibility index (Phi) is 20.3. The van der Waals surface area contributed by atoms with Crippen molar-refractivity contribution in [3.05, 3.63) is 131 Å². The Labute approximate surface area is 342 Å². The van der Waals surface area contributed by atoms with Crippen molar-refractivity contribution in [2.75, 3.05) is 6.26 Å². The third-order valence-corrected chi connectivity index (χ3v) is 14.4. The fourth-order valence-corrected chi connectivity index (χ4v) is 7.68. The highest BCUT2D eigenvalue weighted by Crippen LogP contribution is 2.29. The summed E-state index contributed by atoms with van der Waals surface area (Å²) in [5.74, 6) is 0. The molecule has 56 heavy (non-hydrogen) atoms. The Balaban J connectivity index is 0.000000481. The van der Waals surface area contributed by atoms with Gasteiger partial charge in [0.15, 0.2) is 10.9 Å². The molecule has 1 unspecified atom stereocenters. The van der Waals surface area contributed by atoms with Crippen LogP contribution in [0.15, 0.2) is 119 Å². The Morgan fingerprint density at radius 1 is 0.661 bits per heavy atom. The zero-order valence-electron chi connectivity index (χ0n) is 33.6. The van der Waals surface area contributed by atoms with E-state index in [1.54, 1.807) is 92.9 Å². The van der Waals surface area contributed by atoms with Crippen LogP contribution in [0.5, 0.6) is 0 Å². The van der Waals surface area contributed by atoms with Crippen molar-refractivity contribution in [2.24, 2.45) is 0 Å². The number of hydrogen-bond donors (Lipinski definition) is 3. The van der Waals surface area contributed by atoms with E-state index in [9.17, 15) is 30.7 Å². The van der Waals surface area contributed by atoms with Gasteiger partial charge in [-0.3, -0.25) is 4.21 Å². The number of nitrogens with one attached hydrogen (secondary N) is 2. The van der Waals surface area contributed by atoms with E-state index in [1.807, 2.05) is 91.8 Å². The molecule has 0 aliphatic rings. The molecule has 4 aromatic rings. The highest BCUT2D eigenvalue weighted by atomic mass is 32.2. The fraction of sp³-hybridized carbons (Fsp3) is 0.429. The zero-order chi connectivity index (χ0) is 41.8. The molecule has 0 saturated carbocycles. The molecule has 0 spiro atoms. The third kappa shape index (κ3) is 16.9. The van der Waals surface area contributed by atoms with Gasteiger partial charge in [0.1, 0.15) is 11.5 Å². The number of sulfonamides is 2. The van der Waals surface area contributed by atoms with Crippen LogP contribution in [-0.4, -0.2) is 58.5 Å². The number of benzene rings is 4. The maximum absolute atomic E-state index is 12.7. The van der Waals surface area contributed by atoms with Gasteiger partial charge in [0.05, 0.1) is 21.9 Å². The van der Waals surface area contributed by atoms with E-state index in [0.717, 1.165) is 16.7 Å². The summed E-state index contributed by atoms with van der Waals surface area (Å²) >= 11 is -1.60. The van der Waals surface area contributed by atoms with Crippen molar-refractivity contribution < 1.29 is 34.9 Å². The molecule has 0 aliphatic heterocycles. The second-order valence-corrected chi connectivity index (χ2v) is 22.6. The summed E-state index contributed by atoms with van der Waals surface area (Å²) in [6.07, 6.45) is 0.137. The standard InChI is InChI=1S/C20H27NO4S2.C16H19NO3S.C5H12OS.CH4/c1-15-11-13-18(14-12-15)27(23,24)21-16(2)19(17-9-7-6-8-10-17)25-26(22)20(3,4)5;1-12-8-10-15(11-9-12)21(19,20)17-13(2)16(18)14-6-4-3-5-7-14;1-5(2,3)7(4)6;/h6-14,16,19,21H,1-5H3;3-11,13,16-18H,1-2H3;1-4H3;1H4/t16-,19-,26?;13-,16-;7-;/m110./s1. The summed E-state index contributed by atoms with van der Waals surface area (Å²) in [5, 5.41) is 10.2. The molecule has 0 aliphatic carbocycles. The van der Waals surface area contributed by atoms with E-state index in [4.69, 9.17) is 4.18 Å². The largest absolute Gasteiger partial charge is 0.585 e. The molecule has 0 heterocycles. The number of rotatable bonds is 12. The topological polar surface area (TPSA) is 162 Å². The van der Waals surface area contributed by atoms with Crippen molar-refractivity contribution in [3.8, 4) is 0 Å². The van der Waals surface area contributed by atoms with Crippen molar-refractivity contribution >= 4 is 42.3 Å². The Morgan fingerprint density at radius 3 is 1.34 bits per heavy atom. The molecule has 14 heteroatoms. The summed E-state index contributed by atoms with van der Waals surface area (Å²) in [7, 11) is -8.05. The SMILES string of the molecule is C.C[S@](=O)C(C)(C)C.Cc1ccc(S(=O)(=O)N[C@H](C)[C@@H](O)c2ccccc2)cc1.Cc1ccc(S(=O)(=O)N[C@H](C)[C@@H](O[S+]([O-])C(C)(C)C)c2ccccc2)cc1. The number of aliphatic hydroxyl groups excluding tert-OH is 1. The van der Waals surface area contributed by atoms with Gasteiger partial charge in [-0.15, -0.1) is 0 Å². The van der Waals surface area contributed by atoms with E-state index in [2.05, 4.69) is 9.44 Å². The van der Waals surface area contributed by atoms with Gasteiger partial charge in [0.2, 0.25) is 20.0 Å². The molecule has 10 nitrogen and oxygen atoms in total. The molecule has 312 valence electrons. The lowest BCUT2D eigenvalue weighted by Crippen LogP contribution is -2.41. The first kappa shape index (κ1) is 51.1. The molecule has 3 N–H and O–H groups in total. The molecule has 0 bridgehead atoms. The predicted molar refractivity (Wildman–Crippen MR) is 232 cm³/mol. The minimum Gasteiger partial charge on any atom is -0.585 e. The van der Waals surface area contributed by atoms with Crippen LogP contribution < -0.4 is 9.44 Å². The monoisotopic (exact) mass is 850 g/mol. The second-order valence-electron chi connectivity index (χ2n) is 15.1. The van der Waals surface area contributed by atoms with Gasteiger partial charge >= 0.3 is 0 Å². The van der Waals surface area contributed by atoms with Gasteiger partial charge in [-0.1, -0.05) is 103 Å². The van der Waals surface area contributed by atoms with E-state index in [-0.39, 0.29) is 22.0 Å². The maximum Gasteiger partial charge on any atom is 0.240 e. The van der Waals surface area contributed by atoms with Crippen molar-refractivity contribution in [3.63, 3.8) is 0 Å². The Bertz CT molecular complexity index is 1980. The molecular formula is C42H62N2O8S4. The number of aliphatic hydroxyl groups is 1. The lowest BCUT2D eigenvalue weighted by molar-refractivity contribution is 0.146. The summed E-state index contributed by atoms with van der Waals surface area (Å²) in [6.45, 7) is 18.5. The van der Waals surface area contributed by atoms with Crippen molar-refractivity contribution in [2.45, 2.75) is 120 Å². The van der Waals surface area contributed by atoms with Crippen LogP contribution in [-0.2, 0) is 46.5 Å². The van der Waals surface area contributed by atoms with E-state index >= 15 is 0 Å². The summed E-state index contributed by atoms with van der Waals surface area (Å²) < 4.78 is 83.5. The smallest absolute Gasteiger partial charge is 0.240 e. The van der Waals surface area contributed by atoms with Gasteiger partial charge in [-0.2, -0.15) is 4.18 Å². The molecule has 6 atom stereocenters. The Morgan fingerprint density at radius 2 is 1.00 bits per heavy atom. The van der Waals surface area contributed by atoms with Crippen LogP contribution in [0.2, 0.25) is 0 Å². The van der Waals surface area contributed by atoms with E-state index in [1.165, 1.54) is 0 Å². The quantitative estimate of drug-likeness (QED) is 0.121. The molecule has 0 aromatic heterocycles. The van der Waals surface area contributed by atoms with Gasteiger partial charge in [0, 0.05) is 27.8 Å². The third-order valence-electron chi connectivity index (χ3n) is 8.10. The van der Waals surface area contributed by atoms with Gasteiger partial charge in [-0.25, -0.2) is 26.3 Å². The van der Waals surface area contributed by atoms with Crippen LogP contribution in [0.4, 0.5) is 0 Å². The number of hydrogen-bond acceptors (Lipinski definition) is 8. The van der Waals surface area contributed by atoms with Crippen LogP contribution in [0.25, 0.3) is 0 Å². The minimum atomic E-state index is -3.73. The molecular weight excluding hydrogens is 789 g/mol. The minimum absolute atomic E-state index is 0. The van der Waals surface area contributed by atoms with Gasteiger partial charge < -0.3 is 9.66 Å². The summed E-state index contributed by atoms with van der Waals surface area (Å²) in [5.41, 5.74) is 3.41. The van der Waals surface area contributed by atoms with Crippen LogP contribution in [0, 0.1) is 13.8 Å². The average Bonchev–Trinajstić information content (AvgIpc) is 3.10. The van der Waals surface area contributed by atoms with Crippen LogP contribution in [0.3, 0.4) is 0 Å². The van der Waals surface area contributed by atoms with E-state index in [0.29, 0.717) is 5.56 Å². The molecule has 0 saturated heterocycles. The van der Waals surface area contributed by atoms with Crippen molar-refractivity contribution in [1.82, 2.24) is 9.44 Å². The molecule has 4 aromatic carbocycles. The van der Waals surface area contributed by atoms with Gasteiger partial charge in [0.25, 0.3) is 0 Å². The van der Waals surface area contributed by atoms with Crippen LogP contribution >= 0.6 is 0 Å². The molecule has 0 fully saturated rings. The highest BCUT2D eigenvalue weighted by Gasteiger charge is 2.36. The lowest BCUT2D eigenvalue weighted by atomic mass is 10.0. The maximum atomic E-state index is 12.7. The molecule has 0 radical (unpaired) electrons. The van der Waals surface area contributed by atoms with Gasteiger partial charge in [-0.05, 0) is 105 Å². The molecule has 4 rings (SSSR count). The predicted octanol–water partition coefficient (Wildman–Crippen LogP) is 8.08. The second kappa shape index (κ2) is 22.3. The first-order valence-electron chi connectivity index (χ1n) is 17.7. The highest BCUT2D eigenvalue weighted by molar-refractivity contribution is 7.90. The van der Waals surface area contributed by atoms with E-state index < -0.39 is 71.3 Å². The first-order valence-corrected chi connectivity index (χ1v) is 23.3. The summed E-state index contributed by atoms with van der Waals surface area (Å²) in [4.78, 5) is 0.379. The number of aryl methyl sites for hydroxylation is 2. The Hall–Kier alpha value is -2.92. The first-order chi connectivity index (χ1) is 25.3. The summed E-state index contributed by atoms with van der Waals surface area (Å²) in [6, 6.07) is 30.2. The normalized spacial score (nSPS) is 15.2. The molecule has 0 amide bonds. The fourth-order valence-electron chi connectivity index (χ4n) is 4.43. The lowest BCUT2D eigenvalue weighted by Gasteiger charge is -2.29. The zero-order valence-corrected chi connectivity index (χ0v) is 36.9. The van der Waals surface area contributed by atoms with Crippen LogP contribution in [0.1, 0.15) is 97.3 Å².